The van der Waals surface area contributed by atoms with E-state index < -0.39 is 17.8 Å². The fourth-order valence-electron chi connectivity index (χ4n) is 1.06. The number of hydrogen-bond acceptors (Lipinski definition) is 4. The molecule has 0 aliphatic heterocycles. The molecule has 2 N–H and O–H groups in total. The van der Waals surface area contributed by atoms with Gasteiger partial charge in [0.1, 0.15) is 5.82 Å². The topological polar surface area (TPSA) is 65.2 Å². The highest BCUT2D eigenvalue weighted by Crippen LogP contribution is 2.16. The van der Waals surface area contributed by atoms with Gasteiger partial charge in [0.15, 0.2) is 0 Å². The maximum Gasteiger partial charge on any atom is 0.307 e. The molecular weight excluding hydrogens is 187 g/mol. The van der Waals surface area contributed by atoms with Gasteiger partial charge in [-0.1, -0.05) is 0 Å². The number of methoxy groups -OCH3 is 1. The van der Waals surface area contributed by atoms with Crippen LogP contribution in [0.1, 0.15) is 18.0 Å². The van der Waals surface area contributed by atoms with Crippen LogP contribution in [0.4, 0.5) is 4.39 Å². The molecule has 1 aromatic heterocycles. The minimum absolute atomic E-state index is 0.0442. The van der Waals surface area contributed by atoms with Crippen LogP contribution in [0.25, 0.3) is 0 Å². The highest BCUT2D eigenvalue weighted by molar-refractivity contribution is 5.70. The maximum atomic E-state index is 13.1. The lowest BCUT2D eigenvalue weighted by Gasteiger charge is -2.10. The Morgan fingerprint density at radius 3 is 3.07 bits per heavy atom. The van der Waals surface area contributed by atoms with E-state index in [1.807, 2.05) is 0 Å². The van der Waals surface area contributed by atoms with Crippen molar-refractivity contribution in [3.05, 3.63) is 29.8 Å². The molecule has 0 radical (unpaired) electrons. The number of esters is 1. The number of pyridine rings is 1. The molecule has 0 aromatic carbocycles. The first-order valence-corrected chi connectivity index (χ1v) is 4.07. The lowest BCUT2D eigenvalue weighted by Crippen LogP contribution is -2.17. The molecular formula is C9H11FN2O2. The van der Waals surface area contributed by atoms with Gasteiger partial charge in [-0.2, -0.15) is 0 Å². The van der Waals surface area contributed by atoms with E-state index >= 15 is 0 Å². The molecule has 0 saturated carbocycles. The maximum absolute atomic E-state index is 13.1. The summed E-state index contributed by atoms with van der Waals surface area (Å²) in [6.45, 7) is 0. The van der Waals surface area contributed by atoms with Crippen LogP contribution in [0.3, 0.4) is 0 Å². The SMILES string of the molecule is COC(=O)C[C@@H](N)c1ccncc1F. The van der Waals surface area contributed by atoms with Gasteiger partial charge in [0.25, 0.3) is 0 Å². The quantitative estimate of drug-likeness (QED) is 0.729. The number of carbonyl (C=O) groups excluding carboxylic acids is 1. The number of halogens is 1. The summed E-state index contributed by atoms with van der Waals surface area (Å²) in [4.78, 5) is 14.4. The van der Waals surface area contributed by atoms with Crippen molar-refractivity contribution in [2.24, 2.45) is 5.73 Å². The first kappa shape index (κ1) is 10.6. The fraction of sp³-hybridized carbons (Fsp3) is 0.333. The van der Waals surface area contributed by atoms with E-state index in [1.54, 1.807) is 0 Å². The number of nitrogens with zero attached hydrogens (tertiary/aromatic N) is 1. The molecule has 0 fully saturated rings. The van der Waals surface area contributed by atoms with Gasteiger partial charge in [-0.05, 0) is 6.07 Å². The van der Waals surface area contributed by atoms with E-state index in [0.717, 1.165) is 6.20 Å². The van der Waals surface area contributed by atoms with E-state index in [1.165, 1.54) is 19.4 Å². The number of rotatable bonds is 3. The predicted octanol–water partition coefficient (Wildman–Crippen LogP) is 0.784. The molecule has 1 rings (SSSR count). The Morgan fingerprint density at radius 2 is 2.50 bits per heavy atom. The molecule has 0 aliphatic rings. The zero-order valence-corrected chi connectivity index (χ0v) is 7.74. The van der Waals surface area contributed by atoms with Gasteiger partial charge < -0.3 is 10.5 Å². The van der Waals surface area contributed by atoms with Crippen molar-refractivity contribution in [3.8, 4) is 0 Å². The van der Waals surface area contributed by atoms with Gasteiger partial charge in [-0.15, -0.1) is 0 Å². The largest absolute Gasteiger partial charge is 0.469 e. The summed E-state index contributed by atoms with van der Waals surface area (Å²) in [6, 6.07) is 0.758. The molecule has 0 saturated heterocycles. The van der Waals surface area contributed by atoms with Crippen molar-refractivity contribution in [3.63, 3.8) is 0 Å². The van der Waals surface area contributed by atoms with Crippen molar-refractivity contribution in [2.45, 2.75) is 12.5 Å². The molecule has 0 bridgehead atoms. The molecule has 1 atom stereocenters. The summed E-state index contributed by atoms with van der Waals surface area (Å²) in [6.07, 6.45) is 2.44. The van der Waals surface area contributed by atoms with Crippen LogP contribution in [0, 0.1) is 5.82 Å². The van der Waals surface area contributed by atoms with Crippen LogP contribution in [0.2, 0.25) is 0 Å². The highest BCUT2D eigenvalue weighted by Gasteiger charge is 2.15. The minimum Gasteiger partial charge on any atom is -0.469 e. The first-order chi connectivity index (χ1) is 6.65. The van der Waals surface area contributed by atoms with E-state index in [9.17, 15) is 9.18 Å². The number of ether oxygens (including phenoxy) is 1. The Bertz CT molecular complexity index is 330. The number of nitrogens with two attached hydrogens (primary N) is 1. The van der Waals surface area contributed by atoms with Crippen LogP contribution < -0.4 is 5.73 Å². The molecule has 1 aromatic rings. The van der Waals surface area contributed by atoms with Crippen molar-refractivity contribution in [2.75, 3.05) is 7.11 Å². The van der Waals surface area contributed by atoms with Crippen molar-refractivity contribution in [1.82, 2.24) is 4.98 Å². The van der Waals surface area contributed by atoms with Gasteiger partial charge in [-0.25, -0.2) is 4.39 Å². The van der Waals surface area contributed by atoms with Gasteiger partial charge in [0.05, 0.1) is 19.7 Å². The van der Waals surface area contributed by atoms with E-state index in [0.29, 0.717) is 0 Å². The molecule has 1 heterocycles. The van der Waals surface area contributed by atoms with Gasteiger partial charge >= 0.3 is 5.97 Å². The van der Waals surface area contributed by atoms with E-state index in [-0.39, 0.29) is 12.0 Å². The zero-order chi connectivity index (χ0) is 10.6. The molecule has 76 valence electrons. The second-order valence-electron chi connectivity index (χ2n) is 2.78. The number of aromatic nitrogens is 1. The standard InChI is InChI=1S/C9H11FN2O2/c1-14-9(13)4-8(11)6-2-3-12-5-7(6)10/h2-3,5,8H,4,11H2,1H3/t8-/m1/s1. The summed E-state index contributed by atoms with van der Waals surface area (Å²) >= 11 is 0. The Morgan fingerprint density at radius 1 is 1.79 bits per heavy atom. The minimum atomic E-state index is -0.689. The summed E-state index contributed by atoms with van der Waals surface area (Å²) in [5.74, 6) is -0.974. The average Bonchev–Trinajstić information content (AvgIpc) is 2.18. The Kier molecular flexibility index (Phi) is 3.53. The van der Waals surface area contributed by atoms with Crippen molar-refractivity contribution >= 4 is 5.97 Å². The lowest BCUT2D eigenvalue weighted by molar-refractivity contribution is -0.141. The molecule has 5 heteroatoms. The number of carbonyl (C=O) groups is 1. The second-order valence-corrected chi connectivity index (χ2v) is 2.78. The smallest absolute Gasteiger partial charge is 0.307 e. The third-order valence-electron chi connectivity index (χ3n) is 1.82. The molecule has 14 heavy (non-hydrogen) atoms. The molecule has 4 nitrogen and oxygen atoms in total. The average molecular weight is 198 g/mol. The van der Waals surface area contributed by atoms with Crippen molar-refractivity contribution in [1.29, 1.82) is 0 Å². The Labute approximate surface area is 80.9 Å². The van der Waals surface area contributed by atoms with Crippen LogP contribution >= 0.6 is 0 Å². The van der Waals surface area contributed by atoms with Crippen LogP contribution in [0.15, 0.2) is 18.5 Å². The van der Waals surface area contributed by atoms with Gasteiger partial charge in [0, 0.05) is 17.8 Å². The highest BCUT2D eigenvalue weighted by atomic mass is 19.1. The first-order valence-electron chi connectivity index (χ1n) is 4.07. The zero-order valence-electron chi connectivity index (χ0n) is 7.74. The monoisotopic (exact) mass is 198 g/mol. The Balaban J connectivity index is 2.74. The molecule has 0 aliphatic carbocycles. The predicted molar refractivity (Wildman–Crippen MR) is 47.8 cm³/mol. The second kappa shape index (κ2) is 4.66. The normalized spacial score (nSPS) is 12.2. The molecule has 0 spiro atoms. The van der Waals surface area contributed by atoms with Crippen LogP contribution in [0.5, 0.6) is 0 Å². The lowest BCUT2D eigenvalue weighted by atomic mass is 10.1. The third-order valence-corrected chi connectivity index (χ3v) is 1.82. The third kappa shape index (κ3) is 2.50. The number of hydrogen-bond donors (Lipinski definition) is 1. The Hall–Kier alpha value is -1.49. The van der Waals surface area contributed by atoms with Crippen LogP contribution in [-0.4, -0.2) is 18.1 Å². The van der Waals surface area contributed by atoms with Crippen LogP contribution in [-0.2, 0) is 9.53 Å². The van der Waals surface area contributed by atoms with Gasteiger partial charge in [-0.3, -0.25) is 9.78 Å². The summed E-state index contributed by atoms with van der Waals surface area (Å²) in [5.41, 5.74) is 5.87. The van der Waals surface area contributed by atoms with Crippen molar-refractivity contribution < 1.29 is 13.9 Å². The summed E-state index contributed by atoms with van der Waals surface area (Å²) in [5, 5.41) is 0. The van der Waals surface area contributed by atoms with E-state index in [2.05, 4.69) is 9.72 Å². The van der Waals surface area contributed by atoms with E-state index in [4.69, 9.17) is 5.73 Å². The fourth-order valence-corrected chi connectivity index (χ4v) is 1.06. The summed E-state index contributed by atoms with van der Waals surface area (Å²) in [7, 11) is 1.26. The molecule has 0 amide bonds. The van der Waals surface area contributed by atoms with Gasteiger partial charge in [0.2, 0.25) is 0 Å². The summed E-state index contributed by atoms with van der Waals surface area (Å²) < 4.78 is 17.5. The molecule has 0 unspecified atom stereocenters.